The average Bonchev–Trinajstić information content (AvgIpc) is 1.68. The Balaban J connectivity index is 3.17. The predicted octanol–water partition coefficient (Wildman–Crippen LogP) is 2.92. The van der Waals surface area contributed by atoms with E-state index in [-0.39, 0.29) is 0 Å². The highest BCUT2D eigenvalue weighted by atomic mass is 35.5. The van der Waals surface area contributed by atoms with Crippen LogP contribution >= 0.6 is 23.2 Å². The summed E-state index contributed by atoms with van der Waals surface area (Å²) < 4.78 is 0. The van der Waals surface area contributed by atoms with Crippen molar-refractivity contribution in [2.45, 2.75) is 12.8 Å². The highest BCUT2D eigenvalue weighted by Crippen LogP contribution is 2.09. The molecule has 41 valence electrons. The highest BCUT2D eigenvalue weighted by molar-refractivity contribution is 6.36. The van der Waals surface area contributed by atoms with E-state index in [9.17, 15) is 0 Å². The van der Waals surface area contributed by atoms with Crippen molar-refractivity contribution in [3.8, 4) is 0 Å². The van der Waals surface area contributed by atoms with Gasteiger partial charge in [-0.1, -0.05) is 30.1 Å². The Kier molecular flexibility index (Phi) is 4.68. The maximum absolute atomic E-state index is 5.45. The number of halogens is 2. The number of hydrogen-bond donors (Lipinski definition) is 0. The fraction of sp³-hybridized carbons (Fsp3) is 0.400. The molecule has 1 radical (unpaired) electrons. The molecular formula is C5H7Cl2. The molecule has 0 fully saturated rings. The molecule has 0 aliphatic heterocycles. The third kappa shape index (κ3) is 4.17. The van der Waals surface area contributed by atoms with Crippen LogP contribution in [0.4, 0.5) is 0 Å². The fourth-order valence-corrected chi connectivity index (χ4v) is 0.466. The summed E-state index contributed by atoms with van der Waals surface area (Å²) in [5.74, 6) is 0. The molecule has 2 heteroatoms. The molecule has 0 aromatic rings. The fourth-order valence-electron chi connectivity index (χ4n) is 0.223. The predicted molar refractivity (Wildman–Crippen MR) is 34.4 cm³/mol. The Bertz CT molecular complexity index is 66.5. The summed E-state index contributed by atoms with van der Waals surface area (Å²) in [5, 5.41) is 0.677. The third-order valence-electron chi connectivity index (χ3n) is 0.534. The first kappa shape index (κ1) is 7.32. The normalized spacial score (nSPS) is 12.1. The van der Waals surface area contributed by atoms with Gasteiger partial charge in [0.25, 0.3) is 0 Å². The lowest BCUT2D eigenvalue weighted by Crippen LogP contribution is -1.65. The SMILES string of the molecule is [CH2]CC/C(Cl)=C/Cl. The molecule has 0 aliphatic rings. The lowest BCUT2D eigenvalue weighted by molar-refractivity contribution is 1.03. The minimum Gasteiger partial charge on any atom is -0.0917 e. The van der Waals surface area contributed by atoms with Gasteiger partial charge in [-0.2, -0.15) is 0 Å². The Morgan fingerprint density at radius 1 is 1.71 bits per heavy atom. The van der Waals surface area contributed by atoms with Crippen LogP contribution in [0.5, 0.6) is 0 Å². The van der Waals surface area contributed by atoms with E-state index in [0.717, 1.165) is 12.8 Å². The Morgan fingerprint density at radius 2 is 2.29 bits per heavy atom. The molecule has 0 aromatic carbocycles. The van der Waals surface area contributed by atoms with Gasteiger partial charge in [0.1, 0.15) is 0 Å². The van der Waals surface area contributed by atoms with Crippen molar-refractivity contribution < 1.29 is 0 Å². The van der Waals surface area contributed by atoms with Gasteiger partial charge < -0.3 is 0 Å². The van der Waals surface area contributed by atoms with E-state index < -0.39 is 0 Å². The van der Waals surface area contributed by atoms with Gasteiger partial charge in [0.2, 0.25) is 0 Å². The van der Waals surface area contributed by atoms with Gasteiger partial charge >= 0.3 is 0 Å². The zero-order chi connectivity index (χ0) is 5.70. The second-order valence-corrected chi connectivity index (χ2v) is 1.86. The molecule has 0 heterocycles. The van der Waals surface area contributed by atoms with Gasteiger partial charge in [-0.05, 0) is 12.8 Å². The van der Waals surface area contributed by atoms with Crippen LogP contribution in [0, 0.1) is 6.92 Å². The minimum absolute atomic E-state index is 0.677. The molecule has 0 bridgehead atoms. The van der Waals surface area contributed by atoms with Crippen molar-refractivity contribution in [3.63, 3.8) is 0 Å². The highest BCUT2D eigenvalue weighted by Gasteiger charge is 1.84. The topological polar surface area (TPSA) is 0 Å². The van der Waals surface area contributed by atoms with Crippen LogP contribution in [0.3, 0.4) is 0 Å². The maximum Gasteiger partial charge on any atom is 0.0293 e. The molecule has 0 saturated heterocycles. The van der Waals surface area contributed by atoms with Gasteiger partial charge in [0.05, 0.1) is 0 Å². The minimum atomic E-state index is 0.677. The van der Waals surface area contributed by atoms with Crippen LogP contribution in [-0.2, 0) is 0 Å². The van der Waals surface area contributed by atoms with E-state index in [1.54, 1.807) is 0 Å². The molecule has 0 unspecified atom stereocenters. The summed E-state index contributed by atoms with van der Waals surface area (Å²) in [7, 11) is 0. The molecule has 0 atom stereocenters. The van der Waals surface area contributed by atoms with Gasteiger partial charge in [0.15, 0.2) is 0 Å². The van der Waals surface area contributed by atoms with Crippen molar-refractivity contribution in [2.75, 3.05) is 0 Å². The molecule has 0 N–H and O–H groups in total. The molecule has 7 heavy (non-hydrogen) atoms. The average molecular weight is 138 g/mol. The summed E-state index contributed by atoms with van der Waals surface area (Å²) in [6.07, 6.45) is 1.59. The van der Waals surface area contributed by atoms with Crippen LogP contribution in [0.1, 0.15) is 12.8 Å². The zero-order valence-electron chi connectivity index (χ0n) is 3.95. The monoisotopic (exact) mass is 137 g/mol. The van der Waals surface area contributed by atoms with Gasteiger partial charge in [0, 0.05) is 10.6 Å². The van der Waals surface area contributed by atoms with Crippen LogP contribution in [0.2, 0.25) is 0 Å². The van der Waals surface area contributed by atoms with Crippen LogP contribution in [-0.4, -0.2) is 0 Å². The van der Waals surface area contributed by atoms with Gasteiger partial charge in [-0.15, -0.1) is 0 Å². The number of hydrogen-bond acceptors (Lipinski definition) is 0. The summed E-state index contributed by atoms with van der Waals surface area (Å²) in [5.41, 5.74) is 1.37. The maximum atomic E-state index is 5.45. The van der Waals surface area contributed by atoms with Crippen molar-refractivity contribution >= 4 is 23.2 Å². The number of rotatable bonds is 2. The molecule has 0 spiro atoms. The van der Waals surface area contributed by atoms with Crippen molar-refractivity contribution in [1.82, 2.24) is 0 Å². The quantitative estimate of drug-likeness (QED) is 0.550. The van der Waals surface area contributed by atoms with Gasteiger partial charge in [-0.3, -0.25) is 0 Å². The molecule has 0 saturated carbocycles. The standard InChI is InChI=1S/C5H7Cl2/c1-2-3-5(7)4-6/h4H,1-3H2/b5-4-. The zero-order valence-corrected chi connectivity index (χ0v) is 5.47. The van der Waals surface area contributed by atoms with E-state index in [1.165, 1.54) is 5.54 Å². The second-order valence-electron chi connectivity index (χ2n) is 1.16. The van der Waals surface area contributed by atoms with Crippen molar-refractivity contribution in [2.24, 2.45) is 0 Å². The molecular weight excluding hydrogens is 131 g/mol. The largest absolute Gasteiger partial charge is 0.0917 e. The lowest BCUT2D eigenvalue weighted by Gasteiger charge is -1.86. The number of allylic oxidation sites excluding steroid dienone is 1. The summed E-state index contributed by atoms with van der Waals surface area (Å²) >= 11 is 10.7. The van der Waals surface area contributed by atoms with Crippen LogP contribution in [0.25, 0.3) is 0 Å². The molecule has 0 rings (SSSR count). The first-order valence-corrected chi connectivity index (χ1v) is 2.86. The Hall–Kier alpha value is 0.320. The first-order valence-electron chi connectivity index (χ1n) is 2.05. The summed E-state index contributed by atoms with van der Waals surface area (Å²) in [4.78, 5) is 0. The summed E-state index contributed by atoms with van der Waals surface area (Å²) in [6, 6.07) is 0. The van der Waals surface area contributed by atoms with Crippen LogP contribution in [0.15, 0.2) is 10.6 Å². The smallest absolute Gasteiger partial charge is 0.0293 e. The van der Waals surface area contributed by atoms with Gasteiger partial charge in [-0.25, -0.2) is 0 Å². The Morgan fingerprint density at radius 3 is 2.43 bits per heavy atom. The van der Waals surface area contributed by atoms with E-state index in [1.807, 2.05) is 0 Å². The molecule has 0 amide bonds. The van der Waals surface area contributed by atoms with Crippen molar-refractivity contribution in [1.29, 1.82) is 0 Å². The Labute approximate surface area is 54.1 Å². The summed E-state index contributed by atoms with van der Waals surface area (Å²) in [6.45, 7) is 3.59. The van der Waals surface area contributed by atoms with E-state index in [0.29, 0.717) is 5.03 Å². The van der Waals surface area contributed by atoms with E-state index >= 15 is 0 Å². The second kappa shape index (κ2) is 4.48. The molecule has 0 aliphatic carbocycles. The van der Waals surface area contributed by atoms with E-state index in [2.05, 4.69) is 6.92 Å². The lowest BCUT2D eigenvalue weighted by atomic mass is 10.3. The van der Waals surface area contributed by atoms with Crippen molar-refractivity contribution in [3.05, 3.63) is 17.5 Å². The van der Waals surface area contributed by atoms with Crippen LogP contribution < -0.4 is 0 Å². The third-order valence-corrected chi connectivity index (χ3v) is 1.21. The molecule has 0 aromatic heterocycles. The first-order chi connectivity index (χ1) is 3.31. The molecule has 0 nitrogen and oxygen atoms in total. The van der Waals surface area contributed by atoms with E-state index in [4.69, 9.17) is 23.2 Å².